The molecule has 0 saturated carbocycles. The van der Waals surface area contributed by atoms with Gasteiger partial charge in [0.15, 0.2) is 6.61 Å². The Balaban J connectivity index is 1.51. The maximum atomic E-state index is 11.9. The average molecular weight is 342 g/mol. The number of benzene rings is 2. The van der Waals surface area contributed by atoms with Crippen LogP contribution in [0.2, 0.25) is 0 Å². The maximum absolute atomic E-state index is 11.9. The molecule has 2 aromatic rings. The molecule has 0 saturated heterocycles. The SMILES string of the molecule is Cc1cccc(OCC(=O)NCc2ccc3c(c2)NC(=O)CS3)c1. The number of carbonyl (C=O) groups excluding carboxylic acids is 2. The fourth-order valence-corrected chi connectivity index (χ4v) is 3.13. The van der Waals surface area contributed by atoms with E-state index < -0.39 is 0 Å². The number of nitrogens with one attached hydrogen (secondary N) is 2. The molecule has 124 valence electrons. The van der Waals surface area contributed by atoms with E-state index in [0.29, 0.717) is 18.0 Å². The van der Waals surface area contributed by atoms with Crippen LogP contribution in [-0.4, -0.2) is 24.2 Å². The van der Waals surface area contributed by atoms with Crippen molar-refractivity contribution in [1.29, 1.82) is 0 Å². The van der Waals surface area contributed by atoms with E-state index in [-0.39, 0.29) is 18.4 Å². The summed E-state index contributed by atoms with van der Waals surface area (Å²) in [6.07, 6.45) is 0. The van der Waals surface area contributed by atoms with Crippen LogP contribution in [-0.2, 0) is 16.1 Å². The third-order valence-corrected chi connectivity index (χ3v) is 4.60. The number of fused-ring (bicyclic) bond motifs is 1. The van der Waals surface area contributed by atoms with Crippen LogP contribution in [0.15, 0.2) is 47.4 Å². The Bertz CT molecular complexity index is 777. The molecule has 0 unspecified atom stereocenters. The Kier molecular flexibility index (Phi) is 5.05. The highest BCUT2D eigenvalue weighted by Gasteiger charge is 2.15. The van der Waals surface area contributed by atoms with Crippen LogP contribution in [0.1, 0.15) is 11.1 Å². The quantitative estimate of drug-likeness (QED) is 0.877. The highest BCUT2D eigenvalue weighted by atomic mass is 32.2. The van der Waals surface area contributed by atoms with Gasteiger partial charge in [-0.05, 0) is 42.3 Å². The largest absolute Gasteiger partial charge is 0.484 e. The lowest BCUT2D eigenvalue weighted by Gasteiger charge is -2.17. The number of hydrogen-bond acceptors (Lipinski definition) is 4. The summed E-state index contributed by atoms with van der Waals surface area (Å²) in [6, 6.07) is 13.4. The number of carbonyl (C=O) groups is 2. The Morgan fingerprint density at radius 3 is 3.00 bits per heavy atom. The summed E-state index contributed by atoms with van der Waals surface area (Å²) in [7, 11) is 0. The van der Waals surface area contributed by atoms with Gasteiger partial charge in [0.1, 0.15) is 5.75 Å². The standard InChI is InChI=1S/C18H18N2O3S/c1-12-3-2-4-14(7-12)23-10-17(21)19-9-13-5-6-16-15(8-13)20-18(22)11-24-16/h2-8H,9-11H2,1H3,(H,19,21)(H,20,22). The molecular weight excluding hydrogens is 324 g/mol. The molecule has 0 atom stereocenters. The van der Waals surface area contributed by atoms with E-state index in [0.717, 1.165) is 21.7 Å². The van der Waals surface area contributed by atoms with Gasteiger partial charge in [0.25, 0.3) is 5.91 Å². The minimum absolute atomic E-state index is 0.000222. The fourth-order valence-electron chi connectivity index (χ4n) is 2.35. The minimum atomic E-state index is -0.187. The molecule has 0 radical (unpaired) electrons. The van der Waals surface area contributed by atoms with Gasteiger partial charge >= 0.3 is 0 Å². The van der Waals surface area contributed by atoms with Crippen LogP contribution in [0.5, 0.6) is 5.75 Å². The zero-order chi connectivity index (χ0) is 16.9. The van der Waals surface area contributed by atoms with Crippen LogP contribution in [0.25, 0.3) is 0 Å². The first-order chi connectivity index (χ1) is 11.6. The summed E-state index contributed by atoms with van der Waals surface area (Å²) in [4.78, 5) is 24.4. The highest BCUT2D eigenvalue weighted by Crippen LogP contribution is 2.31. The van der Waals surface area contributed by atoms with Crippen molar-refractivity contribution >= 4 is 29.3 Å². The van der Waals surface area contributed by atoms with E-state index in [1.807, 2.05) is 49.4 Å². The lowest BCUT2D eigenvalue weighted by atomic mass is 10.2. The van der Waals surface area contributed by atoms with Gasteiger partial charge in [-0.2, -0.15) is 0 Å². The lowest BCUT2D eigenvalue weighted by molar-refractivity contribution is -0.123. The van der Waals surface area contributed by atoms with Crippen molar-refractivity contribution in [3.8, 4) is 5.75 Å². The van der Waals surface area contributed by atoms with Gasteiger partial charge in [0.2, 0.25) is 5.91 Å². The van der Waals surface area contributed by atoms with Gasteiger partial charge in [-0.25, -0.2) is 0 Å². The summed E-state index contributed by atoms with van der Waals surface area (Å²) in [5, 5.41) is 5.66. The topological polar surface area (TPSA) is 67.4 Å². The zero-order valence-corrected chi connectivity index (χ0v) is 14.1. The first-order valence-corrected chi connectivity index (χ1v) is 8.60. The second kappa shape index (κ2) is 7.40. The average Bonchev–Trinajstić information content (AvgIpc) is 2.58. The number of anilines is 1. The molecule has 0 bridgehead atoms. The number of rotatable bonds is 5. The molecule has 3 rings (SSSR count). The lowest BCUT2D eigenvalue weighted by Crippen LogP contribution is -2.28. The number of thioether (sulfide) groups is 1. The van der Waals surface area contributed by atoms with Gasteiger partial charge in [-0.1, -0.05) is 18.2 Å². The molecule has 0 spiro atoms. The summed E-state index contributed by atoms with van der Waals surface area (Å²) in [5.41, 5.74) is 2.82. The Morgan fingerprint density at radius 1 is 1.29 bits per heavy atom. The van der Waals surface area contributed by atoms with Crippen molar-refractivity contribution in [2.24, 2.45) is 0 Å². The number of aryl methyl sites for hydroxylation is 1. The van der Waals surface area contributed by atoms with E-state index in [4.69, 9.17) is 4.74 Å². The van der Waals surface area contributed by atoms with Crippen LogP contribution in [0.4, 0.5) is 5.69 Å². The number of amides is 2. The molecule has 0 aromatic heterocycles. The molecule has 2 N–H and O–H groups in total. The first-order valence-electron chi connectivity index (χ1n) is 7.62. The van der Waals surface area contributed by atoms with Crippen molar-refractivity contribution in [2.75, 3.05) is 17.7 Å². The van der Waals surface area contributed by atoms with E-state index in [1.165, 1.54) is 11.8 Å². The Labute approximate surface area is 144 Å². The van der Waals surface area contributed by atoms with E-state index >= 15 is 0 Å². The zero-order valence-electron chi connectivity index (χ0n) is 13.3. The number of hydrogen-bond donors (Lipinski definition) is 2. The summed E-state index contributed by atoms with van der Waals surface area (Å²) in [5.74, 6) is 0.936. The predicted octanol–water partition coefficient (Wildman–Crippen LogP) is 2.73. The molecule has 0 fully saturated rings. The molecule has 1 aliphatic rings. The number of ether oxygens (including phenoxy) is 1. The molecule has 1 aliphatic heterocycles. The monoisotopic (exact) mass is 342 g/mol. The third-order valence-electron chi connectivity index (χ3n) is 3.53. The van der Waals surface area contributed by atoms with Crippen molar-refractivity contribution < 1.29 is 14.3 Å². The van der Waals surface area contributed by atoms with Crippen LogP contribution in [0.3, 0.4) is 0 Å². The fraction of sp³-hybridized carbons (Fsp3) is 0.222. The second-order valence-corrected chi connectivity index (χ2v) is 6.57. The van der Waals surface area contributed by atoms with Crippen LogP contribution >= 0.6 is 11.8 Å². The van der Waals surface area contributed by atoms with Crippen molar-refractivity contribution in [2.45, 2.75) is 18.4 Å². The first kappa shape index (κ1) is 16.4. The molecule has 2 aromatic carbocycles. The Morgan fingerprint density at radius 2 is 2.17 bits per heavy atom. The van der Waals surface area contributed by atoms with E-state index in [1.54, 1.807) is 0 Å². The van der Waals surface area contributed by atoms with Crippen LogP contribution in [0, 0.1) is 6.92 Å². The second-order valence-electron chi connectivity index (χ2n) is 5.55. The summed E-state index contributed by atoms with van der Waals surface area (Å²) >= 11 is 1.52. The predicted molar refractivity (Wildman–Crippen MR) is 94.3 cm³/mol. The van der Waals surface area contributed by atoms with Gasteiger partial charge in [0, 0.05) is 11.4 Å². The Hall–Kier alpha value is -2.47. The van der Waals surface area contributed by atoms with Gasteiger partial charge in [-0.3, -0.25) is 9.59 Å². The van der Waals surface area contributed by atoms with Crippen molar-refractivity contribution in [1.82, 2.24) is 5.32 Å². The maximum Gasteiger partial charge on any atom is 0.258 e. The molecular formula is C18H18N2O3S. The third kappa shape index (κ3) is 4.29. The van der Waals surface area contributed by atoms with Crippen molar-refractivity contribution in [3.05, 3.63) is 53.6 Å². The minimum Gasteiger partial charge on any atom is -0.484 e. The highest BCUT2D eigenvalue weighted by molar-refractivity contribution is 8.00. The molecule has 6 heteroatoms. The van der Waals surface area contributed by atoms with Crippen molar-refractivity contribution in [3.63, 3.8) is 0 Å². The molecule has 5 nitrogen and oxygen atoms in total. The molecule has 2 amide bonds. The van der Waals surface area contributed by atoms with Gasteiger partial charge in [0.05, 0.1) is 11.4 Å². The molecule has 0 aliphatic carbocycles. The van der Waals surface area contributed by atoms with Gasteiger partial charge < -0.3 is 15.4 Å². The van der Waals surface area contributed by atoms with E-state index in [9.17, 15) is 9.59 Å². The molecule has 1 heterocycles. The summed E-state index contributed by atoms with van der Waals surface area (Å²) < 4.78 is 5.47. The molecule has 24 heavy (non-hydrogen) atoms. The van der Waals surface area contributed by atoms with Crippen LogP contribution < -0.4 is 15.4 Å². The normalized spacial score (nSPS) is 13.0. The summed E-state index contributed by atoms with van der Waals surface area (Å²) in [6.45, 7) is 2.34. The van der Waals surface area contributed by atoms with E-state index in [2.05, 4.69) is 10.6 Å². The smallest absolute Gasteiger partial charge is 0.258 e. The van der Waals surface area contributed by atoms with Gasteiger partial charge in [-0.15, -0.1) is 11.8 Å².